The first-order valence-corrected chi connectivity index (χ1v) is 5.26. The highest BCUT2D eigenvalue weighted by Crippen LogP contribution is 2.14. The van der Waals surface area contributed by atoms with Crippen LogP contribution in [0.5, 0.6) is 5.88 Å². The number of nitrogens with one attached hydrogen (secondary N) is 1. The molecule has 0 atom stereocenters. The molecule has 1 aromatic heterocycles. The van der Waals surface area contributed by atoms with Gasteiger partial charge in [0.2, 0.25) is 5.88 Å². The number of ether oxygens (including phenoxy) is 1. The number of rotatable bonds is 6. The number of aliphatic hydroxyl groups is 3. The van der Waals surface area contributed by atoms with Crippen molar-refractivity contribution in [2.75, 3.05) is 26.9 Å². The molecule has 0 unspecified atom stereocenters. The van der Waals surface area contributed by atoms with Crippen molar-refractivity contribution in [1.29, 1.82) is 0 Å². The van der Waals surface area contributed by atoms with Crippen LogP contribution in [0.4, 0.5) is 0 Å². The predicted octanol–water partition coefficient (Wildman–Crippen LogP) is -1.46. The lowest BCUT2D eigenvalue weighted by molar-refractivity contribution is 0.0374. The summed E-state index contributed by atoms with van der Waals surface area (Å²) in [6.45, 7) is -1.77. The fourth-order valence-electron chi connectivity index (χ4n) is 1.30. The van der Waals surface area contributed by atoms with E-state index in [4.69, 9.17) is 20.1 Å². The number of methoxy groups -OCH3 is 1. The van der Waals surface area contributed by atoms with E-state index in [1.807, 2.05) is 0 Å². The van der Waals surface area contributed by atoms with Crippen LogP contribution in [0.25, 0.3) is 0 Å². The zero-order chi connectivity index (χ0) is 13.6. The Balaban J connectivity index is 2.94. The van der Waals surface area contributed by atoms with Crippen LogP contribution in [0.1, 0.15) is 10.4 Å². The summed E-state index contributed by atoms with van der Waals surface area (Å²) < 4.78 is 4.92. The second-order valence-electron chi connectivity index (χ2n) is 3.77. The van der Waals surface area contributed by atoms with Crippen molar-refractivity contribution < 1.29 is 24.9 Å². The van der Waals surface area contributed by atoms with Gasteiger partial charge in [0.15, 0.2) is 0 Å². The molecule has 18 heavy (non-hydrogen) atoms. The molecule has 4 N–H and O–H groups in total. The van der Waals surface area contributed by atoms with Gasteiger partial charge in [0, 0.05) is 6.20 Å². The third-order valence-electron chi connectivity index (χ3n) is 2.50. The molecule has 0 saturated carbocycles. The first-order chi connectivity index (χ1) is 8.62. The monoisotopic (exact) mass is 256 g/mol. The van der Waals surface area contributed by atoms with E-state index < -0.39 is 31.3 Å². The number of hydrogen-bond acceptors (Lipinski definition) is 6. The molecule has 0 fully saturated rings. The second kappa shape index (κ2) is 6.29. The smallest absolute Gasteiger partial charge is 0.257 e. The highest BCUT2D eigenvalue weighted by atomic mass is 16.5. The minimum Gasteiger partial charge on any atom is -0.480 e. The molecule has 1 heterocycles. The van der Waals surface area contributed by atoms with Crippen LogP contribution in [0.2, 0.25) is 0 Å². The van der Waals surface area contributed by atoms with Crippen molar-refractivity contribution in [3.8, 4) is 5.88 Å². The molecular weight excluding hydrogens is 240 g/mol. The van der Waals surface area contributed by atoms with Crippen molar-refractivity contribution in [1.82, 2.24) is 10.3 Å². The molecule has 0 aliphatic rings. The van der Waals surface area contributed by atoms with E-state index in [-0.39, 0.29) is 11.4 Å². The normalized spacial score (nSPS) is 11.1. The zero-order valence-corrected chi connectivity index (χ0v) is 9.96. The Hall–Kier alpha value is -1.70. The van der Waals surface area contributed by atoms with E-state index in [2.05, 4.69) is 10.3 Å². The number of carbonyl (C=O) groups excluding carboxylic acids is 1. The zero-order valence-electron chi connectivity index (χ0n) is 9.96. The molecule has 0 aromatic carbocycles. The van der Waals surface area contributed by atoms with Gasteiger partial charge in [-0.15, -0.1) is 0 Å². The Morgan fingerprint density at radius 1 is 1.39 bits per heavy atom. The molecule has 1 rings (SSSR count). The average molecular weight is 256 g/mol. The standard InChI is InChI=1S/C11H16N2O5/c1-18-10-8(3-2-4-12-10)9(17)13-11(5-14,6-15)7-16/h2-4,14-16H,5-7H2,1H3,(H,13,17). The van der Waals surface area contributed by atoms with Gasteiger partial charge >= 0.3 is 0 Å². The highest BCUT2D eigenvalue weighted by molar-refractivity contribution is 5.96. The van der Waals surface area contributed by atoms with Gasteiger partial charge in [-0.3, -0.25) is 4.79 Å². The van der Waals surface area contributed by atoms with Gasteiger partial charge in [-0.1, -0.05) is 0 Å². The lowest BCUT2D eigenvalue weighted by Gasteiger charge is -2.28. The summed E-state index contributed by atoms with van der Waals surface area (Å²) in [6, 6.07) is 3.04. The second-order valence-corrected chi connectivity index (χ2v) is 3.77. The summed E-state index contributed by atoms with van der Waals surface area (Å²) in [7, 11) is 1.37. The molecule has 1 aromatic rings. The molecule has 7 nitrogen and oxygen atoms in total. The summed E-state index contributed by atoms with van der Waals surface area (Å²) in [5.74, 6) is -0.477. The molecule has 0 bridgehead atoms. The maximum absolute atomic E-state index is 12.0. The van der Waals surface area contributed by atoms with E-state index in [9.17, 15) is 4.79 Å². The Labute approximate surface area is 104 Å². The van der Waals surface area contributed by atoms with Gasteiger partial charge in [-0.25, -0.2) is 4.98 Å². The fourth-order valence-corrected chi connectivity index (χ4v) is 1.30. The van der Waals surface area contributed by atoms with Crippen LogP contribution in [-0.4, -0.2) is 58.7 Å². The van der Waals surface area contributed by atoms with Gasteiger partial charge in [0.25, 0.3) is 5.91 Å². The third kappa shape index (κ3) is 2.95. The Morgan fingerprint density at radius 2 is 2.00 bits per heavy atom. The first kappa shape index (κ1) is 14.4. The van der Waals surface area contributed by atoms with Gasteiger partial charge in [0.1, 0.15) is 11.1 Å². The van der Waals surface area contributed by atoms with E-state index in [1.165, 1.54) is 19.4 Å². The van der Waals surface area contributed by atoms with E-state index in [1.54, 1.807) is 6.07 Å². The molecular formula is C11H16N2O5. The number of aliphatic hydroxyl groups excluding tert-OH is 3. The maximum Gasteiger partial charge on any atom is 0.257 e. The first-order valence-electron chi connectivity index (χ1n) is 5.26. The van der Waals surface area contributed by atoms with Crippen molar-refractivity contribution >= 4 is 5.91 Å². The lowest BCUT2D eigenvalue weighted by atomic mass is 10.0. The van der Waals surface area contributed by atoms with Crippen molar-refractivity contribution in [2.45, 2.75) is 5.54 Å². The maximum atomic E-state index is 12.0. The highest BCUT2D eigenvalue weighted by Gasteiger charge is 2.31. The van der Waals surface area contributed by atoms with Crippen molar-refractivity contribution in [3.05, 3.63) is 23.9 Å². The molecule has 0 aliphatic carbocycles. The molecule has 7 heteroatoms. The van der Waals surface area contributed by atoms with Gasteiger partial charge in [-0.2, -0.15) is 0 Å². The summed E-state index contributed by atoms with van der Waals surface area (Å²) in [5, 5.41) is 29.7. The van der Waals surface area contributed by atoms with Crippen LogP contribution >= 0.6 is 0 Å². The van der Waals surface area contributed by atoms with Crippen LogP contribution in [-0.2, 0) is 0 Å². The summed E-state index contributed by atoms with van der Waals surface area (Å²) in [5.41, 5.74) is -1.32. The van der Waals surface area contributed by atoms with Gasteiger partial charge in [-0.05, 0) is 12.1 Å². The van der Waals surface area contributed by atoms with Crippen LogP contribution in [0.3, 0.4) is 0 Å². The molecule has 0 aliphatic heterocycles. The van der Waals surface area contributed by atoms with Gasteiger partial charge < -0.3 is 25.4 Å². The predicted molar refractivity (Wildman–Crippen MR) is 62.2 cm³/mol. The number of amides is 1. The number of carbonyl (C=O) groups is 1. The summed E-state index contributed by atoms with van der Waals surface area (Å²) in [4.78, 5) is 15.8. The average Bonchev–Trinajstić information content (AvgIpc) is 2.44. The lowest BCUT2D eigenvalue weighted by Crippen LogP contribution is -2.57. The third-order valence-corrected chi connectivity index (χ3v) is 2.50. The van der Waals surface area contributed by atoms with E-state index >= 15 is 0 Å². The molecule has 100 valence electrons. The van der Waals surface area contributed by atoms with Crippen LogP contribution < -0.4 is 10.1 Å². The topological polar surface area (TPSA) is 112 Å². The largest absolute Gasteiger partial charge is 0.480 e. The van der Waals surface area contributed by atoms with Crippen LogP contribution in [0.15, 0.2) is 18.3 Å². The minimum atomic E-state index is -1.47. The fraction of sp³-hybridized carbons (Fsp3) is 0.455. The van der Waals surface area contributed by atoms with E-state index in [0.717, 1.165) is 0 Å². The Bertz CT molecular complexity index is 398. The molecule has 1 amide bonds. The molecule has 0 radical (unpaired) electrons. The van der Waals surface area contributed by atoms with Crippen molar-refractivity contribution in [3.63, 3.8) is 0 Å². The minimum absolute atomic E-state index is 0.123. The van der Waals surface area contributed by atoms with E-state index in [0.29, 0.717) is 0 Å². The number of hydrogen-bond donors (Lipinski definition) is 4. The van der Waals surface area contributed by atoms with Gasteiger partial charge in [0.05, 0.1) is 26.9 Å². The Kier molecular flexibility index (Phi) is 5.02. The summed E-state index contributed by atoms with van der Waals surface area (Å²) >= 11 is 0. The van der Waals surface area contributed by atoms with Crippen LogP contribution in [0, 0.1) is 0 Å². The number of pyridine rings is 1. The molecule has 0 saturated heterocycles. The summed E-state index contributed by atoms with van der Waals surface area (Å²) in [6.07, 6.45) is 1.47. The molecule has 0 spiro atoms. The van der Waals surface area contributed by atoms with Crippen molar-refractivity contribution in [2.24, 2.45) is 0 Å². The number of nitrogens with zero attached hydrogens (tertiary/aromatic N) is 1. The quantitative estimate of drug-likeness (QED) is 0.494. The number of aromatic nitrogens is 1. The Morgan fingerprint density at radius 3 is 2.50 bits per heavy atom. The SMILES string of the molecule is COc1ncccc1C(=O)NC(CO)(CO)CO.